The smallest absolute Gasteiger partial charge is 0.0693 e. The van der Waals surface area contributed by atoms with E-state index in [-0.39, 0.29) is 5.41 Å². The van der Waals surface area contributed by atoms with Crippen LogP contribution in [0.3, 0.4) is 0 Å². The van der Waals surface area contributed by atoms with Gasteiger partial charge in [0.05, 0.1) is 5.60 Å². The molecule has 1 heteroatoms. The van der Waals surface area contributed by atoms with Crippen LogP contribution in [0.2, 0.25) is 0 Å². The fraction of sp³-hybridized carbons (Fsp3) is 1.00. The normalized spacial score (nSPS) is 16.4. The van der Waals surface area contributed by atoms with Gasteiger partial charge in [0.2, 0.25) is 0 Å². The molecule has 0 aliphatic rings. The Labute approximate surface area is 96.3 Å². The molecule has 0 heterocycles. The quantitative estimate of drug-likeness (QED) is 0.617. The van der Waals surface area contributed by atoms with Crippen molar-refractivity contribution in [2.75, 3.05) is 0 Å². The molecule has 0 radical (unpaired) electrons. The van der Waals surface area contributed by atoms with E-state index in [2.05, 4.69) is 34.6 Å². The van der Waals surface area contributed by atoms with Crippen LogP contribution in [0, 0.1) is 5.41 Å². The van der Waals surface area contributed by atoms with Crippen molar-refractivity contribution in [3.8, 4) is 0 Å². The summed E-state index contributed by atoms with van der Waals surface area (Å²) < 4.78 is 0. The third-order valence-electron chi connectivity index (χ3n) is 3.67. The first-order chi connectivity index (χ1) is 6.87. The lowest BCUT2D eigenvalue weighted by molar-refractivity contribution is -0.0690. The summed E-state index contributed by atoms with van der Waals surface area (Å²) >= 11 is 0. The maximum Gasteiger partial charge on any atom is 0.0693 e. The zero-order valence-corrected chi connectivity index (χ0v) is 11.4. The molecule has 1 nitrogen and oxygen atoms in total. The first-order valence-corrected chi connectivity index (χ1v) is 6.59. The largest absolute Gasteiger partial charge is 0.389 e. The van der Waals surface area contributed by atoms with Crippen LogP contribution >= 0.6 is 0 Å². The van der Waals surface area contributed by atoms with Gasteiger partial charge in [0, 0.05) is 0 Å². The number of hydrogen-bond donors (Lipinski definition) is 1. The molecule has 1 N–H and O–H groups in total. The predicted octanol–water partition coefficient (Wildman–Crippen LogP) is 4.53. The first kappa shape index (κ1) is 15.0. The van der Waals surface area contributed by atoms with Crippen molar-refractivity contribution < 1.29 is 5.11 Å². The Balaban J connectivity index is 3.90. The molecule has 1 atom stereocenters. The highest BCUT2D eigenvalue weighted by molar-refractivity contribution is 4.89. The number of aliphatic hydroxyl groups is 1. The van der Waals surface area contributed by atoms with Crippen LogP contribution in [0.25, 0.3) is 0 Å². The lowest BCUT2D eigenvalue weighted by atomic mass is 9.72. The predicted molar refractivity (Wildman–Crippen MR) is 68.1 cm³/mol. The fourth-order valence-corrected chi connectivity index (χ4v) is 2.10. The van der Waals surface area contributed by atoms with Gasteiger partial charge in [-0.25, -0.2) is 0 Å². The molecule has 92 valence electrons. The van der Waals surface area contributed by atoms with Crippen molar-refractivity contribution >= 4 is 0 Å². The molecular formula is C14H30O. The van der Waals surface area contributed by atoms with E-state index in [9.17, 15) is 5.11 Å². The summed E-state index contributed by atoms with van der Waals surface area (Å²) in [4.78, 5) is 0. The minimum atomic E-state index is -0.473. The van der Waals surface area contributed by atoms with Crippen LogP contribution in [0.1, 0.15) is 79.6 Å². The Hall–Kier alpha value is -0.0400. The highest BCUT2D eigenvalue weighted by atomic mass is 16.3. The maximum atomic E-state index is 10.5. The summed E-state index contributed by atoms with van der Waals surface area (Å²) in [6.45, 7) is 10.8. The van der Waals surface area contributed by atoms with Gasteiger partial charge < -0.3 is 5.11 Å². The molecule has 0 rings (SSSR count). The summed E-state index contributed by atoms with van der Waals surface area (Å²) in [7, 11) is 0. The Morgan fingerprint density at radius 1 is 0.867 bits per heavy atom. The second-order valence-corrected chi connectivity index (χ2v) is 5.80. The Bertz CT molecular complexity index is 157. The van der Waals surface area contributed by atoms with E-state index < -0.39 is 5.60 Å². The molecule has 0 saturated heterocycles. The highest BCUT2D eigenvalue weighted by Gasteiger charge is 2.37. The van der Waals surface area contributed by atoms with Crippen molar-refractivity contribution in [2.45, 2.75) is 85.2 Å². The SMILES string of the molecule is CCCCCCCC(O)(CC)C(C)(C)C. The van der Waals surface area contributed by atoms with Gasteiger partial charge in [-0.2, -0.15) is 0 Å². The number of rotatable bonds is 7. The Morgan fingerprint density at radius 2 is 1.40 bits per heavy atom. The molecule has 0 aliphatic heterocycles. The van der Waals surface area contributed by atoms with Gasteiger partial charge in [0.1, 0.15) is 0 Å². The second kappa shape index (κ2) is 6.52. The van der Waals surface area contributed by atoms with Crippen molar-refractivity contribution in [1.82, 2.24) is 0 Å². The van der Waals surface area contributed by atoms with Crippen LogP contribution in [0.4, 0.5) is 0 Å². The van der Waals surface area contributed by atoms with E-state index in [0.29, 0.717) is 0 Å². The molecule has 0 aromatic carbocycles. The minimum absolute atomic E-state index is 0.00645. The average molecular weight is 214 g/mol. The molecule has 0 amide bonds. The van der Waals surface area contributed by atoms with Gasteiger partial charge in [-0.3, -0.25) is 0 Å². The maximum absolute atomic E-state index is 10.5. The summed E-state index contributed by atoms with van der Waals surface area (Å²) in [5.74, 6) is 0. The van der Waals surface area contributed by atoms with Crippen LogP contribution in [-0.4, -0.2) is 10.7 Å². The third-order valence-corrected chi connectivity index (χ3v) is 3.67. The van der Waals surface area contributed by atoms with Crippen molar-refractivity contribution in [2.24, 2.45) is 5.41 Å². The van der Waals surface area contributed by atoms with E-state index in [1.807, 2.05) is 0 Å². The number of hydrogen-bond acceptors (Lipinski definition) is 1. The zero-order valence-electron chi connectivity index (χ0n) is 11.4. The van der Waals surface area contributed by atoms with E-state index in [1.165, 1.54) is 32.1 Å². The van der Waals surface area contributed by atoms with E-state index in [0.717, 1.165) is 12.8 Å². The summed E-state index contributed by atoms with van der Waals surface area (Å²) in [6.07, 6.45) is 8.20. The summed E-state index contributed by atoms with van der Waals surface area (Å²) in [5, 5.41) is 10.5. The van der Waals surface area contributed by atoms with Crippen molar-refractivity contribution in [3.63, 3.8) is 0 Å². The highest BCUT2D eigenvalue weighted by Crippen LogP contribution is 2.37. The lowest BCUT2D eigenvalue weighted by Crippen LogP contribution is -2.42. The van der Waals surface area contributed by atoms with Crippen LogP contribution in [0.15, 0.2) is 0 Å². The molecule has 0 aromatic heterocycles. The molecule has 1 unspecified atom stereocenters. The van der Waals surface area contributed by atoms with E-state index in [4.69, 9.17) is 0 Å². The third kappa shape index (κ3) is 5.01. The van der Waals surface area contributed by atoms with Gasteiger partial charge >= 0.3 is 0 Å². The molecule has 0 spiro atoms. The van der Waals surface area contributed by atoms with Crippen LogP contribution < -0.4 is 0 Å². The average Bonchev–Trinajstić information content (AvgIpc) is 2.15. The Kier molecular flexibility index (Phi) is 6.51. The van der Waals surface area contributed by atoms with Gasteiger partial charge in [-0.1, -0.05) is 66.7 Å². The fourth-order valence-electron chi connectivity index (χ4n) is 2.10. The molecule has 0 fully saturated rings. The monoisotopic (exact) mass is 214 g/mol. The summed E-state index contributed by atoms with van der Waals surface area (Å²) in [5.41, 5.74) is -0.467. The lowest BCUT2D eigenvalue weighted by Gasteiger charge is -2.40. The van der Waals surface area contributed by atoms with E-state index in [1.54, 1.807) is 0 Å². The molecular weight excluding hydrogens is 184 g/mol. The molecule has 0 aromatic rings. The molecule has 0 bridgehead atoms. The van der Waals surface area contributed by atoms with Crippen molar-refractivity contribution in [3.05, 3.63) is 0 Å². The topological polar surface area (TPSA) is 20.2 Å². The van der Waals surface area contributed by atoms with Crippen molar-refractivity contribution in [1.29, 1.82) is 0 Å². The zero-order chi connectivity index (χ0) is 11.9. The minimum Gasteiger partial charge on any atom is -0.389 e. The standard InChI is InChI=1S/C14H30O/c1-6-8-9-10-11-12-14(15,7-2)13(3,4)5/h15H,6-12H2,1-5H3. The van der Waals surface area contributed by atoms with Crippen LogP contribution in [0.5, 0.6) is 0 Å². The molecule has 0 aliphatic carbocycles. The summed E-state index contributed by atoms with van der Waals surface area (Å²) in [6, 6.07) is 0. The van der Waals surface area contributed by atoms with Gasteiger partial charge in [0.25, 0.3) is 0 Å². The van der Waals surface area contributed by atoms with E-state index >= 15 is 0 Å². The van der Waals surface area contributed by atoms with Gasteiger partial charge in [-0.15, -0.1) is 0 Å². The van der Waals surface area contributed by atoms with Gasteiger partial charge in [-0.05, 0) is 18.3 Å². The number of unbranched alkanes of at least 4 members (excludes halogenated alkanes) is 4. The molecule has 0 saturated carbocycles. The van der Waals surface area contributed by atoms with Gasteiger partial charge in [0.15, 0.2) is 0 Å². The Morgan fingerprint density at radius 3 is 1.80 bits per heavy atom. The first-order valence-electron chi connectivity index (χ1n) is 6.59. The molecule has 15 heavy (non-hydrogen) atoms. The van der Waals surface area contributed by atoms with Crippen LogP contribution in [-0.2, 0) is 0 Å². The second-order valence-electron chi connectivity index (χ2n) is 5.80.